The summed E-state index contributed by atoms with van der Waals surface area (Å²) in [7, 11) is 2.20. The molecule has 0 saturated carbocycles. The molecular weight excluding hydrogens is 234 g/mol. The van der Waals surface area contributed by atoms with Gasteiger partial charge in [-0.15, -0.1) is 0 Å². The number of aryl methyl sites for hydroxylation is 1. The molecule has 106 valence electrons. The number of hydrogen-bond acceptors (Lipinski definition) is 3. The first-order chi connectivity index (χ1) is 8.99. The fourth-order valence-corrected chi connectivity index (χ4v) is 3.03. The predicted octanol–water partition coefficient (Wildman–Crippen LogP) is 2.02. The van der Waals surface area contributed by atoms with Gasteiger partial charge in [0.1, 0.15) is 0 Å². The van der Waals surface area contributed by atoms with Gasteiger partial charge in [-0.3, -0.25) is 4.90 Å². The molecule has 3 heteroatoms. The van der Waals surface area contributed by atoms with Crippen molar-refractivity contribution >= 4 is 0 Å². The van der Waals surface area contributed by atoms with Crippen LogP contribution in [0.3, 0.4) is 0 Å². The summed E-state index contributed by atoms with van der Waals surface area (Å²) >= 11 is 0. The van der Waals surface area contributed by atoms with Crippen LogP contribution in [0.2, 0.25) is 0 Å². The lowest BCUT2D eigenvalue weighted by Gasteiger charge is -2.43. The Balaban J connectivity index is 2.21. The maximum absolute atomic E-state index is 6.27. The first-order valence-corrected chi connectivity index (χ1v) is 7.25. The summed E-state index contributed by atoms with van der Waals surface area (Å²) in [6.45, 7) is 9.87. The lowest BCUT2D eigenvalue weighted by atomic mass is 9.96. The topological polar surface area (TPSA) is 32.5 Å². The van der Waals surface area contributed by atoms with E-state index in [-0.39, 0.29) is 6.04 Å². The minimum atomic E-state index is 0.150. The van der Waals surface area contributed by atoms with Crippen molar-refractivity contribution in [3.05, 3.63) is 35.4 Å². The first-order valence-electron chi connectivity index (χ1n) is 7.25. The first kappa shape index (κ1) is 14.5. The Bertz CT molecular complexity index is 416. The van der Waals surface area contributed by atoms with Gasteiger partial charge in [-0.1, -0.05) is 29.8 Å². The normalized spacial score (nSPS) is 25.2. The summed E-state index contributed by atoms with van der Waals surface area (Å²) in [5.41, 5.74) is 8.94. The van der Waals surface area contributed by atoms with Gasteiger partial charge in [0.25, 0.3) is 0 Å². The predicted molar refractivity (Wildman–Crippen MR) is 81.2 cm³/mol. The highest BCUT2D eigenvalue weighted by molar-refractivity contribution is 5.26. The number of nitrogens with zero attached hydrogens (tertiary/aromatic N) is 2. The summed E-state index contributed by atoms with van der Waals surface area (Å²) in [5, 5.41) is 0. The molecule has 1 saturated heterocycles. The summed E-state index contributed by atoms with van der Waals surface area (Å²) in [6.07, 6.45) is 0. The summed E-state index contributed by atoms with van der Waals surface area (Å²) in [5.74, 6) is 0. The number of rotatable bonds is 3. The lowest BCUT2D eigenvalue weighted by molar-refractivity contribution is 0.0639. The van der Waals surface area contributed by atoms with Crippen molar-refractivity contribution in [3.8, 4) is 0 Å². The Morgan fingerprint density at radius 1 is 1.32 bits per heavy atom. The van der Waals surface area contributed by atoms with Crippen molar-refractivity contribution in [1.82, 2.24) is 9.80 Å². The molecule has 0 radical (unpaired) electrons. The minimum Gasteiger partial charge on any atom is -0.326 e. The molecule has 1 aromatic rings. The monoisotopic (exact) mass is 261 g/mol. The zero-order chi connectivity index (χ0) is 14.0. The van der Waals surface area contributed by atoms with Crippen molar-refractivity contribution in [3.63, 3.8) is 0 Å². The zero-order valence-electron chi connectivity index (χ0n) is 12.6. The molecule has 0 aromatic heterocycles. The largest absolute Gasteiger partial charge is 0.326 e. The highest BCUT2D eigenvalue weighted by Gasteiger charge is 2.29. The average Bonchev–Trinajstić information content (AvgIpc) is 2.33. The highest BCUT2D eigenvalue weighted by atomic mass is 15.3. The second-order valence-corrected chi connectivity index (χ2v) is 6.04. The Hall–Kier alpha value is -0.900. The molecule has 0 bridgehead atoms. The fraction of sp³-hybridized carbons (Fsp3) is 0.625. The van der Waals surface area contributed by atoms with Crippen LogP contribution in [-0.4, -0.2) is 48.6 Å². The number of benzene rings is 1. The lowest BCUT2D eigenvalue weighted by Crippen LogP contribution is -2.53. The standard InChI is InChI=1S/C16H27N3/c1-12-6-5-7-15(10-12)16(14(3)17)19-9-8-18(4)13(2)11-19/h5-7,10,13-14,16H,8-9,11,17H2,1-4H3. The van der Waals surface area contributed by atoms with E-state index < -0.39 is 0 Å². The molecule has 3 unspecified atom stereocenters. The third-order valence-electron chi connectivity index (χ3n) is 4.27. The quantitative estimate of drug-likeness (QED) is 0.903. The number of nitrogens with two attached hydrogens (primary N) is 1. The van der Waals surface area contributed by atoms with Gasteiger partial charge in [-0.2, -0.15) is 0 Å². The molecule has 2 rings (SSSR count). The molecule has 0 amide bonds. The van der Waals surface area contributed by atoms with Crippen molar-refractivity contribution < 1.29 is 0 Å². The second-order valence-electron chi connectivity index (χ2n) is 6.04. The summed E-state index contributed by atoms with van der Waals surface area (Å²) < 4.78 is 0. The van der Waals surface area contributed by atoms with E-state index in [1.165, 1.54) is 11.1 Å². The van der Waals surface area contributed by atoms with E-state index in [9.17, 15) is 0 Å². The third-order valence-corrected chi connectivity index (χ3v) is 4.27. The molecule has 0 spiro atoms. The van der Waals surface area contributed by atoms with Gasteiger partial charge >= 0.3 is 0 Å². The van der Waals surface area contributed by atoms with E-state index in [0.29, 0.717) is 12.1 Å². The van der Waals surface area contributed by atoms with Crippen molar-refractivity contribution in [2.45, 2.75) is 38.9 Å². The van der Waals surface area contributed by atoms with Gasteiger partial charge in [-0.05, 0) is 33.4 Å². The van der Waals surface area contributed by atoms with Gasteiger partial charge < -0.3 is 10.6 Å². The molecule has 1 heterocycles. The van der Waals surface area contributed by atoms with Crippen LogP contribution in [-0.2, 0) is 0 Å². The molecule has 19 heavy (non-hydrogen) atoms. The zero-order valence-corrected chi connectivity index (χ0v) is 12.6. The molecule has 1 aromatic carbocycles. The summed E-state index contributed by atoms with van der Waals surface area (Å²) in [4.78, 5) is 4.97. The van der Waals surface area contributed by atoms with E-state index in [2.05, 4.69) is 61.9 Å². The Morgan fingerprint density at radius 3 is 2.63 bits per heavy atom. The summed E-state index contributed by atoms with van der Waals surface area (Å²) in [6, 6.07) is 9.85. The van der Waals surface area contributed by atoms with Gasteiger partial charge in [0.05, 0.1) is 0 Å². The van der Waals surface area contributed by atoms with Crippen LogP contribution in [0, 0.1) is 6.92 Å². The fourth-order valence-electron chi connectivity index (χ4n) is 3.03. The maximum Gasteiger partial charge on any atom is 0.0497 e. The SMILES string of the molecule is Cc1cccc(C(C(C)N)N2CCN(C)C(C)C2)c1. The van der Waals surface area contributed by atoms with Gasteiger partial charge in [0.2, 0.25) is 0 Å². The minimum absolute atomic E-state index is 0.150. The molecular formula is C16H27N3. The smallest absolute Gasteiger partial charge is 0.0497 e. The highest BCUT2D eigenvalue weighted by Crippen LogP contribution is 2.26. The van der Waals surface area contributed by atoms with Crippen LogP contribution in [0.25, 0.3) is 0 Å². The molecule has 1 aliphatic rings. The van der Waals surface area contributed by atoms with E-state index >= 15 is 0 Å². The Morgan fingerprint density at radius 2 is 2.05 bits per heavy atom. The second kappa shape index (κ2) is 6.04. The Kier molecular flexibility index (Phi) is 4.61. The third kappa shape index (κ3) is 3.35. The van der Waals surface area contributed by atoms with E-state index in [1.54, 1.807) is 0 Å². The average molecular weight is 261 g/mol. The van der Waals surface area contributed by atoms with Crippen LogP contribution in [0.5, 0.6) is 0 Å². The van der Waals surface area contributed by atoms with E-state index in [4.69, 9.17) is 5.73 Å². The van der Waals surface area contributed by atoms with Crippen LogP contribution >= 0.6 is 0 Å². The number of likely N-dealkylation sites (N-methyl/N-ethyl adjacent to an activating group) is 1. The van der Waals surface area contributed by atoms with Crippen LogP contribution in [0.15, 0.2) is 24.3 Å². The molecule has 2 N–H and O–H groups in total. The molecule has 3 nitrogen and oxygen atoms in total. The van der Waals surface area contributed by atoms with Crippen LogP contribution in [0.1, 0.15) is 31.0 Å². The maximum atomic E-state index is 6.27. The van der Waals surface area contributed by atoms with Gasteiger partial charge in [-0.25, -0.2) is 0 Å². The van der Waals surface area contributed by atoms with Crippen LogP contribution in [0.4, 0.5) is 0 Å². The Labute approximate surface area is 117 Å². The number of piperazine rings is 1. The number of hydrogen-bond donors (Lipinski definition) is 1. The van der Waals surface area contributed by atoms with E-state index in [1.807, 2.05) is 0 Å². The molecule has 1 fully saturated rings. The van der Waals surface area contributed by atoms with E-state index in [0.717, 1.165) is 19.6 Å². The molecule has 3 atom stereocenters. The van der Waals surface area contributed by atoms with Crippen LogP contribution < -0.4 is 5.73 Å². The van der Waals surface area contributed by atoms with Gasteiger partial charge in [0, 0.05) is 37.8 Å². The van der Waals surface area contributed by atoms with Crippen molar-refractivity contribution in [2.75, 3.05) is 26.7 Å². The van der Waals surface area contributed by atoms with Crippen molar-refractivity contribution in [1.29, 1.82) is 0 Å². The molecule has 0 aliphatic carbocycles. The van der Waals surface area contributed by atoms with Crippen molar-refractivity contribution in [2.24, 2.45) is 5.73 Å². The van der Waals surface area contributed by atoms with Gasteiger partial charge in [0.15, 0.2) is 0 Å². The molecule has 1 aliphatic heterocycles.